The first-order valence-electron chi connectivity index (χ1n) is 9.61. The highest BCUT2D eigenvalue weighted by Gasteiger charge is 2.16. The Bertz CT molecular complexity index is 826. The summed E-state index contributed by atoms with van der Waals surface area (Å²) in [6, 6.07) is 15.1. The SMILES string of the molecule is COCC(=O)Nc1cccc(CNC(=O)C(C)Oc2ccc(C(C)(C)C)cc2)c1. The molecule has 2 N–H and O–H groups in total. The Morgan fingerprint density at radius 3 is 2.38 bits per heavy atom. The molecular weight excluding hydrogens is 368 g/mol. The maximum absolute atomic E-state index is 12.4. The van der Waals surface area contributed by atoms with E-state index in [4.69, 9.17) is 9.47 Å². The van der Waals surface area contributed by atoms with E-state index in [0.717, 1.165) is 5.56 Å². The number of benzene rings is 2. The van der Waals surface area contributed by atoms with E-state index in [1.54, 1.807) is 13.0 Å². The molecule has 29 heavy (non-hydrogen) atoms. The van der Waals surface area contributed by atoms with Gasteiger partial charge < -0.3 is 20.1 Å². The lowest BCUT2D eigenvalue weighted by Crippen LogP contribution is -2.35. The van der Waals surface area contributed by atoms with Gasteiger partial charge in [0.2, 0.25) is 5.91 Å². The second kappa shape index (κ2) is 10.1. The zero-order valence-corrected chi connectivity index (χ0v) is 17.7. The van der Waals surface area contributed by atoms with Gasteiger partial charge in [-0.2, -0.15) is 0 Å². The minimum Gasteiger partial charge on any atom is -0.481 e. The molecule has 6 heteroatoms. The van der Waals surface area contributed by atoms with Gasteiger partial charge in [-0.3, -0.25) is 9.59 Å². The first-order chi connectivity index (χ1) is 13.7. The lowest BCUT2D eigenvalue weighted by atomic mass is 9.87. The minimum atomic E-state index is -0.625. The third-order valence-electron chi connectivity index (χ3n) is 4.36. The Labute approximate surface area is 172 Å². The summed E-state index contributed by atoms with van der Waals surface area (Å²) < 4.78 is 10.6. The molecule has 1 atom stereocenters. The fraction of sp³-hybridized carbons (Fsp3) is 0.391. The van der Waals surface area contributed by atoms with E-state index >= 15 is 0 Å². The molecule has 0 aliphatic carbocycles. The van der Waals surface area contributed by atoms with Gasteiger partial charge in [-0.1, -0.05) is 45.0 Å². The number of hydrogen-bond donors (Lipinski definition) is 2. The van der Waals surface area contributed by atoms with Gasteiger partial charge >= 0.3 is 0 Å². The van der Waals surface area contributed by atoms with Crippen LogP contribution in [0.5, 0.6) is 5.75 Å². The third-order valence-corrected chi connectivity index (χ3v) is 4.36. The average Bonchev–Trinajstić information content (AvgIpc) is 2.66. The van der Waals surface area contributed by atoms with Crippen LogP contribution in [0.3, 0.4) is 0 Å². The number of hydrogen-bond acceptors (Lipinski definition) is 4. The van der Waals surface area contributed by atoms with E-state index in [-0.39, 0.29) is 23.8 Å². The van der Waals surface area contributed by atoms with Crippen molar-refractivity contribution in [3.63, 3.8) is 0 Å². The summed E-state index contributed by atoms with van der Waals surface area (Å²) in [5, 5.41) is 5.60. The fourth-order valence-electron chi connectivity index (χ4n) is 2.71. The van der Waals surface area contributed by atoms with E-state index in [1.807, 2.05) is 42.5 Å². The summed E-state index contributed by atoms with van der Waals surface area (Å²) in [6.45, 7) is 8.50. The van der Waals surface area contributed by atoms with Crippen LogP contribution in [0.25, 0.3) is 0 Å². The van der Waals surface area contributed by atoms with Crippen LogP contribution in [0.15, 0.2) is 48.5 Å². The van der Waals surface area contributed by atoms with Crippen LogP contribution < -0.4 is 15.4 Å². The Hall–Kier alpha value is -2.86. The van der Waals surface area contributed by atoms with Crippen LogP contribution in [0.1, 0.15) is 38.8 Å². The number of amides is 2. The predicted octanol–water partition coefficient (Wildman–Crippen LogP) is 3.65. The monoisotopic (exact) mass is 398 g/mol. The van der Waals surface area contributed by atoms with Gasteiger partial charge in [0.25, 0.3) is 5.91 Å². The van der Waals surface area contributed by atoms with Crippen LogP contribution >= 0.6 is 0 Å². The number of ether oxygens (including phenoxy) is 2. The summed E-state index contributed by atoms with van der Waals surface area (Å²) >= 11 is 0. The first kappa shape index (κ1) is 22.4. The van der Waals surface area contributed by atoms with E-state index in [0.29, 0.717) is 18.0 Å². The number of anilines is 1. The molecule has 0 aliphatic rings. The Kier molecular flexibility index (Phi) is 7.79. The van der Waals surface area contributed by atoms with Gasteiger partial charge in [0, 0.05) is 19.3 Å². The molecule has 1 unspecified atom stereocenters. The predicted molar refractivity (Wildman–Crippen MR) is 114 cm³/mol. The van der Waals surface area contributed by atoms with E-state index in [2.05, 4.69) is 31.4 Å². The van der Waals surface area contributed by atoms with Gasteiger partial charge in [-0.05, 0) is 47.7 Å². The van der Waals surface area contributed by atoms with Crippen LogP contribution in [-0.4, -0.2) is 31.6 Å². The number of rotatable bonds is 8. The maximum Gasteiger partial charge on any atom is 0.261 e. The molecule has 6 nitrogen and oxygen atoms in total. The van der Waals surface area contributed by atoms with Crippen molar-refractivity contribution in [1.29, 1.82) is 0 Å². The van der Waals surface area contributed by atoms with Crippen molar-refractivity contribution in [1.82, 2.24) is 5.32 Å². The van der Waals surface area contributed by atoms with Crippen molar-refractivity contribution in [2.45, 2.75) is 45.8 Å². The summed E-state index contributed by atoms with van der Waals surface area (Å²) in [6.07, 6.45) is -0.625. The smallest absolute Gasteiger partial charge is 0.261 e. The zero-order valence-electron chi connectivity index (χ0n) is 17.7. The molecule has 0 heterocycles. The number of methoxy groups -OCH3 is 1. The summed E-state index contributed by atoms with van der Waals surface area (Å²) in [4.78, 5) is 24.0. The van der Waals surface area contributed by atoms with Crippen molar-refractivity contribution in [2.24, 2.45) is 0 Å². The summed E-state index contributed by atoms with van der Waals surface area (Å²) in [7, 11) is 1.47. The van der Waals surface area contributed by atoms with Crippen molar-refractivity contribution in [3.8, 4) is 5.75 Å². The molecule has 0 bridgehead atoms. The fourth-order valence-corrected chi connectivity index (χ4v) is 2.71. The highest BCUT2D eigenvalue weighted by Crippen LogP contribution is 2.24. The van der Waals surface area contributed by atoms with Crippen molar-refractivity contribution in [3.05, 3.63) is 59.7 Å². The molecule has 156 valence electrons. The van der Waals surface area contributed by atoms with Crippen molar-refractivity contribution >= 4 is 17.5 Å². The second-order valence-electron chi connectivity index (χ2n) is 7.93. The van der Waals surface area contributed by atoms with Crippen LogP contribution in [0.2, 0.25) is 0 Å². The zero-order chi connectivity index (χ0) is 21.4. The maximum atomic E-state index is 12.4. The van der Waals surface area contributed by atoms with Gasteiger partial charge in [0.15, 0.2) is 6.10 Å². The molecule has 0 radical (unpaired) electrons. The molecule has 0 aromatic heterocycles. The van der Waals surface area contributed by atoms with Crippen LogP contribution in [0.4, 0.5) is 5.69 Å². The largest absolute Gasteiger partial charge is 0.481 e. The molecule has 0 fully saturated rings. The number of nitrogens with one attached hydrogen (secondary N) is 2. The lowest BCUT2D eigenvalue weighted by molar-refractivity contribution is -0.127. The average molecular weight is 399 g/mol. The topological polar surface area (TPSA) is 76.7 Å². The molecule has 0 saturated carbocycles. The molecule has 2 amide bonds. The van der Waals surface area contributed by atoms with Gasteiger partial charge in [0.1, 0.15) is 12.4 Å². The molecular formula is C23H30N2O4. The summed E-state index contributed by atoms with van der Waals surface area (Å²) in [5.41, 5.74) is 2.80. The van der Waals surface area contributed by atoms with Crippen molar-refractivity contribution in [2.75, 3.05) is 19.0 Å². The van der Waals surface area contributed by atoms with Crippen LogP contribution in [-0.2, 0) is 26.3 Å². The van der Waals surface area contributed by atoms with E-state index in [1.165, 1.54) is 12.7 Å². The molecule has 0 spiro atoms. The first-order valence-corrected chi connectivity index (χ1v) is 9.61. The van der Waals surface area contributed by atoms with Crippen molar-refractivity contribution < 1.29 is 19.1 Å². The normalized spacial score (nSPS) is 12.2. The third kappa shape index (κ3) is 7.23. The van der Waals surface area contributed by atoms with Crippen LogP contribution in [0, 0.1) is 0 Å². The number of carbonyl (C=O) groups excluding carboxylic acids is 2. The Morgan fingerprint density at radius 2 is 1.76 bits per heavy atom. The minimum absolute atomic E-state index is 0.00739. The van der Waals surface area contributed by atoms with Gasteiger partial charge in [-0.25, -0.2) is 0 Å². The lowest BCUT2D eigenvalue weighted by Gasteiger charge is -2.20. The molecule has 2 aromatic carbocycles. The van der Waals surface area contributed by atoms with Gasteiger partial charge in [0.05, 0.1) is 0 Å². The van der Waals surface area contributed by atoms with E-state index < -0.39 is 6.10 Å². The Balaban J connectivity index is 1.88. The molecule has 0 saturated heterocycles. The van der Waals surface area contributed by atoms with E-state index in [9.17, 15) is 9.59 Å². The molecule has 2 aromatic rings. The molecule has 2 rings (SSSR count). The Morgan fingerprint density at radius 1 is 1.07 bits per heavy atom. The summed E-state index contributed by atoms with van der Waals surface area (Å²) in [5.74, 6) is 0.218. The number of carbonyl (C=O) groups is 2. The molecule has 0 aliphatic heterocycles. The second-order valence-corrected chi connectivity index (χ2v) is 7.93. The van der Waals surface area contributed by atoms with Gasteiger partial charge in [-0.15, -0.1) is 0 Å². The standard InChI is InChI=1S/C23H30N2O4/c1-16(29-20-11-9-18(10-12-20)23(2,3)4)22(27)24-14-17-7-6-8-19(13-17)25-21(26)15-28-5/h6-13,16H,14-15H2,1-5H3,(H,24,27)(H,25,26). The highest BCUT2D eigenvalue weighted by molar-refractivity contribution is 5.91. The highest BCUT2D eigenvalue weighted by atomic mass is 16.5. The quantitative estimate of drug-likeness (QED) is 0.712.